The van der Waals surface area contributed by atoms with Crippen molar-refractivity contribution in [3.63, 3.8) is 0 Å². The zero-order valence-electron chi connectivity index (χ0n) is 21.0. The molecule has 1 aliphatic carbocycles. The number of piperazine rings is 1. The fourth-order valence-corrected chi connectivity index (χ4v) is 7.18. The van der Waals surface area contributed by atoms with Crippen LogP contribution >= 0.6 is 11.3 Å². The average Bonchev–Trinajstić information content (AvgIpc) is 3.38. The van der Waals surface area contributed by atoms with E-state index in [2.05, 4.69) is 25.2 Å². The highest BCUT2D eigenvalue weighted by Crippen LogP contribution is 2.38. The molecule has 1 amide bonds. The van der Waals surface area contributed by atoms with Gasteiger partial charge in [-0.15, -0.1) is 10.2 Å². The molecule has 11 nitrogen and oxygen atoms in total. The van der Waals surface area contributed by atoms with Crippen LogP contribution in [0.2, 0.25) is 0 Å². The van der Waals surface area contributed by atoms with Gasteiger partial charge in [0.1, 0.15) is 4.90 Å². The van der Waals surface area contributed by atoms with E-state index in [0.29, 0.717) is 61.6 Å². The molecule has 210 valence electrons. The molecule has 5 heterocycles. The number of hydrogen-bond donors (Lipinski definition) is 2. The van der Waals surface area contributed by atoms with E-state index < -0.39 is 26.7 Å². The zero-order chi connectivity index (χ0) is 27.6. The molecular weight excluding hydrogens is 557 g/mol. The summed E-state index contributed by atoms with van der Waals surface area (Å²) in [6.45, 7) is 4.49. The Morgan fingerprint density at radius 2 is 1.95 bits per heavy atom. The average molecular weight is 585 g/mol. The van der Waals surface area contributed by atoms with E-state index >= 15 is 0 Å². The number of hydrogen-bond acceptors (Lipinski definition) is 9. The van der Waals surface area contributed by atoms with Crippen LogP contribution in [0.3, 0.4) is 0 Å². The lowest BCUT2D eigenvalue weighted by Crippen LogP contribution is -2.53. The van der Waals surface area contributed by atoms with Crippen molar-refractivity contribution in [3.05, 3.63) is 23.5 Å². The summed E-state index contributed by atoms with van der Waals surface area (Å²) in [6.07, 6.45) is 1.40. The smallest absolute Gasteiger partial charge is 0.366 e. The summed E-state index contributed by atoms with van der Waals surface area (Å²) >= 11 is 0.343. The second kappa shape index (κ2) is 9.38. The molecule has 2 aliphatic heterocycles. The van der Waals surface area contributed by atoms with Gasteiger partial charge >= 0.3 is 6.18 Å². The number of carbonyl (C=O) groups is 1. The number of amides is 1. The lowest BCUT2D eigenvalue weighted by Gasteiger charge is -2.37. The molecule has 3 fully saturated rings. The van der Waals surface area contributed by atoms with Gasteiger partial charge < -0.3 is 15.1 Å². The Kier molecular flexibility index (Phi) is 6.35. The van der Waals surface area contributed by atoms with Crippen molar-refractivity contribution in [2.24, 2.45) is 0 Å². The monoisotopic (exact) mass is 584 g/mol. The Hall–Kier alpha value is -2.82. The van der Waals surface area contributed by atoms with Crippen molar-refractivity contribution in [1.29, 1.82) is 0 Å². The van der Waals surface area contributed by atoms with Crippen LogP contribution < -0.4 is 14.9 Å². The number of anilines is 1. The van der Waals surface area contributed by atoms with Crippen LogP contribution in [0, 0.1) is 0 Å². The number of sulfonamides is 1. The second-order valence-corrected chi connectivity index (χ2v) is 13.1. The molecule has 0 unspecified atom stereocenters. The molecule has 0 spiro atoms. The third-order valence-corrected chi connectivity index (χ3v) is 10.0. The predicted octanol–water partition coefficient (Wildman–Crippen LogP) is 2.10. The number of halogens is 3. The maximum absolute atomic E-state index is 13.4. The SMILES string of the molecule is CC1(NS(=O)(=O)c2cc(N3CCN(C(=O)[C@@H]4CCCN4)CC3)c3cnc(-c4nnc(C(F)(F)F)s4)n3c2)CC1. The summed E-state index contributed by atoms with van der Waals surface area (Å²) in [4.78, 5) is 20.9. The molecule has 1 atom stereocenters. The van der Waals surface area contributed by atoms with Gasteiger partial charge in [-0.3, -0.25) is 9.20 Å². The van der Waals surface area contributed by atoms with Crippen LogP contribution in [0.25, 0.3) is 16.3 Å². The normalized spacial score (nSPS) is 21.6. The van der Waals surface area contributed by atoms with Crippen LogP contribution in [-0.4, -0.2) is 83.1 Å². The highest BCUT2D eigenvalue weighted by molar-refractivity contribution is 7.89. The van der Waals surface area contributed by atoms with Gasteiger partial charge in [0.25, 0.3) is 0 Å². The minimum Gasteiger partial charge on any atom is -0.366 e. The number of pyridine rings is 1. The first kappa shape index (κ1) is 26.4. The van der Waals surface area contributed by atoms with E-state index in [0.717, 1.165) is 19.4 Å². The first-order valence-electron chi connectivity index (χ1n) is 12.7. The molecule has 0 bridgehead atoms. The number of nitrogens with one attached hydrogen (secondary N) is 2. The Balaban J connectivity index is 1.36. The van der Waals surface area contributed by atoms with E-state index in [4.69, 9.17) is 0 Å². The molecule has 3 aliphatic rings. The molecule has 0 radical (unpaired) electrons. The molecule has 2 saturated heterocycles. The maximum atomic E-state index is 13.4. The molecule has 0 aromatic carbocycles. The Morgan fingerprint density at radius 3 is 2.56 bits per heavy atom. The van der Waals surface area contributed by atoms with Gasteiger partial charge in [0.15, 0.2) is 10.8 Å². The zero-order valence-corrected chi connectivity index (χ0v) is 22.7. The van der Waals surface area contributed by atoms with E-state index in [-0.39, 0.29) is 27.7 Å². The number of carbonyl (C=O) groups excluding carboxylic acids is 1. The highest BCUT2D eigenvalue weighted by atomic mass is 32.2. The van der Waals surface area contributed by atoms with Gasteiger partial charge in [0.05, 0.1) is 23.4 Å². The van der Waals surface area contributed by atoms with Gasteiger partial charge in [-0.05, 0) is 45.2 Å². The van der Waals surface area contributed by atoms with Crippen LogP contribution in [0.4, 0.5) is 18.9 Å². The molecule has 3 aromatic rings. The Morgan fingerprint density at radius 1 is 1.21 bits per heavy atom. The van der Waals surface area contributed by atoms with Crippen molar-refractivity contribution in [2.45, 2.75) is 55.3 Å². The molecule has 16 heteroatoms. The van der Waals surface area contributed by atoms with Gasteiger partial charge in [-0.2, -0.15) is 13.2 Å². The quantitative estimate of drug-likeness (QED) is 0.452. The standard InChI is InChI=1S/C23H27F3N8O3S2/c1-22(4-5-22)31-39(36,37)14-11-16(32-7-9-33(10-8-32)20(35)15-3-2-6-27-15)17-12-28-18(34(17)13-14)19-29-30-21(38-19)23(24,25)26/h11-13,15,27,31H,2-10H2,1H3/t15-/m0/s1. The summed E-state index contributed by atoms with van der Waals surface area (Å²) < 4.78 is 70.5. The summed E-state index contributed by atoms with van der Waals surface area (Å²) in [5.41, 5.74) is 0.555. The van der Waals surface area contributed by atoms with Gasteiger partial charge in [0, 0.05) is 37.9 Å². The summed E-state index contributed by atoms with van der Waals surface area (Å²) in [6, 6.07) is 1.39. The molecule has 6 rings (SSSR count). The number of fused-ring (bicyclic) bond motifs is 1. The second-order valence-electron chi connectivity index (χ2n) is 10.4. The van der Waals surface area contributed by atoms with Crippen LogP contribution in [0.15, 0.2) is 23.4 Å². The van der Waals surface area contributed by atoms with Crippen molar-refractivity contribution in [2.75, 3.05) is 37.6 Å². The fourth-order valence-electron chi connectivity index (χ4n) is 5.00. The lowest BCUT2D eigenvalue weighted by atomic mass is 10.1. The van der Waals surface area contributed by atoms with E-state index in [9.17, 15) is 26.4 Å². The third-order valence-electron chi connectivity index (χ3n) is 7.43. The Labute approximate surface area is 226 Å². The van der Waals surface area contributed by atoms with Crippen molar-refractivity contribution >= 4 is 38.5 Å². The molecule has 3 aromatic heterocycles. The maximum Gasteiger partial charge on any atom is 0.445 e. The summed E-state index contributed by atoms with van der Waals surface area (Å²) in [7, 11) is -3.95. The highest BCUT2D eigenvalue weighted by Gasteiger charge is 2.42. The summed E-state index contributed by atoms with van der Waals surface area (Å²) in [5.74, 6) is 0.133. The largest absolute Gasteiger partial charge is 0.445 e. The van der Waals surface area contributed by atoms with Gasteiger partial charge in [-0.25, -0.2) is 18.1 Å². The lowest BCUT2D eigenvalue weighted by molar-refractivity contribution is -0.138. The van der Waals surface area contributed by atoms with E-state index in [1.54, 1.807) is 6.07 Å². The summed E-state index contributed by atoms with van der Waals surface area (Å²) in [5, 5.41) is 8.97. The number of alkyl halides is 3. The first-order valence-corrected chi connectivity index (χ1v) is 15.0. The van der Waals surface area contributed by atoms with Crippen molar-refractivity contribution in [3.8, 4) is 10.8 Å². The minimum absolute atomic E-state index is 0.0356. The number of rotatable bonds is 6. The first-order chi connectivity index (χ1) is 18.4. The van der Waals surface area contributed by atoms with Gasteiger partial charge in [-0.1, -0.05) is 11.3 Å². The molecule has 1 saturated carbocycles. The van der Waals surface area contributed by atoms with Crippen LogP contribution in [0.1, 0.15) is 37.6 Å². The molecule has 2 N–H and O–H groups in total. The van der Waals surface area contributed by atoms with Crippen molar-refractivity contribution < 1.29 is 26.4 Å². The molecular formula is C23H27F3N8O3S2. The minimum atomic E-state index is -4.66. The van der Waals surface area contributed by atoms with Crippen LogP contribution in [-0.2, 0) is 21.0 Å². The number of nitrogens with zero attached hydrogens (tertiary/aromatic N) is 6. The third kappa shape index (κ3) is 5.10. The Bertz CT molecular complexity index is 1520. The topological polar surface area (TPSA) is 125 Å². The predicted molar refractivity (Wildman–Crippen MR) is 137 cm³/mol. The van der Waals surface area contributed by atoms with E-state index in [1.165, 1.54) is 16.8 Å². The van der Waals surface area contributed by atoms with Crippen LogP contribution in [0.5, 0.6) is 0 Å². The van der Waals surface area contributed by atoms with Gasteiger partial charge in [0.2, 0.25) is 20.9 Å². The number of imidazole rings is 1. The number of aromatic nitrogens is 4. The molecule has 39 heavy (non-hydrogen) atoms. The fraction of sp³-hybridized carbons (Fsp3) is 0.565. The van der Waals surface area contributed by atoms with Crippen molar-refractivity contribution in [1.82, 2.24) is 34.5 Å². The van der Waals surface area contributed by atoms with E-state index in [1.807, 2.05) is 16.7 Å².